The van der Waals surface area contributed by atoms with Crippen molar-refractivity contribution in [1.82, 2.24) is 0 Å². The number of nitrogens with one attached hydrogen (secondary N) is 1. The third-order valence-corrected chi connectivity index (χ3v) is 5.63. The monoisotopic (exact) mass is 566 g/mol. The van der Waals surface area contributed by atoms with E-state index in [4.69, 9.17) is 25.8 Å². The Morgan fingerprint density at radius 2 is 1.83 bits per heavy atom. The minimum absolute atomic E-state index is 0.0628. The average molecular weight is 568 g/mol. The summed E-state index contributed by atoms with van der Waals surface area (Å²) in [6.07, 6.45) is 3.12. The minimum Gasteiger partial charge on any atom is -0.490 e. The standard InChI is InChI=1S/C28H24BrClN2O4/c1-3-13-35-27-25(29)15-20(16-26(27)34-4-2)14-21(17-31)28(33)32-23-9-11-24(12-10-23)36-18-19-5-7-22(30)8-6-19/h3,5-12,14-16H,1,4,13,18H2,2H3,(H,32,33)/b21-14+. The minimum atomic E-state index is -0.534. The number of amides is 1. The van der Waals surface area contributed by atoms with E-state index in [0.29, 0.717) is 57.8 Å². The van der Waals surface area contributed by atoms with Gasteiger partial charge in [-0.15, -0.1) is 0 Å². The second-order valence-electron chi connectivity index (χ2n) is 7.43. The third-order valence-electron chi connectivity index (χ3n) is 4.78. The van der Waals surface area contributed by atoms with Crippen molar-refractivity contribution >= 4 is 45.2 Å². The fourth-order valence-electron chi connectivity index (χ4n) is 3.11. The van der Waals surface area contributed by atoms with Crippen LogP contribution in [0.5, 0.6) is 17.2 Å². The Kier molecular flexibility index (Phi) is 9.99. The number of hydrogen-bond acceptors (Lipinski definition) is 5. The van der Waals surface area contributed by atoms with Gasteiger partial charge in [0.1, 0.15) is 30.6 Å². The molecular formula is C28H24BrClN2O4. The van der Waals surface area contributed by atoms with Crippen molar-refractivity contribution in [3.05, 3.63) is 99.5 Å². The zero-order valence-electron chi connectivity index (χ0n) is 19.6. The van der Waals surface area contributed by atoms with Gasteiger partial charge in [-0.3, -0.25) is 4.79 Å². The first-order chi connectivity index (χ1) is 17.4. The molecule has 0 unspecified atom stereocenters. The van der Waals surface area contributed by atoms with E-state index < -0.39 is 5.91 Å². The van der Waals surface area contributed by atoms with Crippen LogP contribution in [0.4, 0.5) is 5.69 Å². The molecule has 36 heavy (non-hydrogen) atoms. The van der Waals surface area contributed by atoms with Crippen LogP contribution < -0.4 is 19.5 Å². The van der Waals surface area contributed by atoms with Gasteiger partial charge in [-0.25, -0.2) is 0 Å². The van der Waals surface area contributed by atoms with Crippen molar-refractivity contribution in [3.63, 3.8) is 0 Å². The average Bonchev–Trinajstić information content (AvgIpc) is 2.87. The van der Waals surface area contributed by atoms with Crippen molar-refractivity contribution < 1.29 is 19.0 Å². The van der Waals surface area contributed by atoms with Crippen LogP contribution in [0.2, 0.25) is 5.02 Å². The lowest BCUT2D eigenvalue weighted by Crippen LogP contribution is -2.13. The number of rotatable bonds is 11. The molecule has 0 saturated carbocycles. The number of anilines is 1. The molecule has 1 amide bonds. The molecular weight excluding hydrogens is 544 g/mol. The van der Waals surface area contributed by atoms with E-state index in [1.54, 1.807) is 54.6 Å². The first-order valence-corrected chi connectivity index (χ1v) is 12.2. The van der Waals surface area contributed by atoms with Crippen LogP contribution in [0.3, 0.4) is 0 Å². The lowest BCUT2D eigenvalue weighted by Gasteiger charge is -2.14. The Labute approximate surface area is 223 Å². The van der Waals surface area contributed by atoms with E-state index in [-0.39, 0.29) is 5.57 Å². The van der Waals surface area contributed by atoms with Crippen molar-refractivity contribution in [2.75, 3.05) is 18.5 Å². The van der Waals surface area contributed by atoms with Gasteiger partial charge in [-0.2, -0.15) is 5.26 Å². The summed E-state index contributed by atoms with van der Waals surface area (Å²) in [6, 6.07) is 19.7. The van der Waals surface area contributed by atoms with Gasteiger partial charge in [-0.1, -0.05) is 36.4 Å². The number of nitrogens with zero attached hydrogens (tertiary/aromatic N) is 1. The molecule has 0 aliphatic rings. The third kappa shape index (κ3) is 7.64. The normalized spacial score (nSPS) is 10.8. The van der Waals surface area contributed by atoms with Crippen molar-refractivity contribution in [1.29, 1.82) is 5.26 Å². The summed E-state index contributed by atoms with van der Waals surface area (Å²) in [7, 11) is 0. The SMILES string of the molecule is C=CCOc1c(Br)cc(/C=C(\C#N)C(=O)Nc2ccc(OCc3ccc(Cl)cc3)cc2)cc1OCC. The lowest BCUT2D eigenvalue weighted by atomic mass is 10.1. The summed E-state index contributed by atoms with van der Waals surface area (Å²) in [5, 5.41) is 13.0. The van der Waals surface area contributed by atoms with Crippen LogP contribution in [-0.4, -0.2) is 19.1 Å². The van der Waals surface area contributed by atoms with Crippen LogP contribution in [0.25, 0.3) is 6.08 Å². The summed E-state index contributed by atoms with van der Waals surface area (Å²) < 4.78 is 17.7. The van der Waals surface area contributed by atoms with Crippen LogP contribution in [-0.2, 0) is 11.4 Å². The summed E-state index contributed by atoms with van der Waals surface area (Å²) in [6.45, 7) is 6.63. The molecule has 0 atom stereocenters. The molecule has 0 radical (unpaired) electrons. The molecule has 3 aromatic carbocycles. The Morgan fingerprint density at radius 1 is 1.11 bits per heavy atom. The van der Waals surface area contributed by atoms with Gasteiger partial charge in [0.2, 0.25) is 0 Å². The van der Waals surface area contributed by atoms with Crippen molar-refractivity contribution in [3.8, 4) is 23.3 Å². The van der Waals surface area contributed by atoms with Gasteiger partial charge in [0.25, 0.3) is 5.91 Å². The zero-order chi connectivity index (χ0) is 25.9. The highest BCUT2D eigenvalue weighted by Gasteiger charge is 2.14. The Hall–Kier alpha value is -3.73. The van der Waals surface area contributed by atoms with Crippen molar-refractivity contribution in [2.24, 2.45) is 0 Å². The maximum atomic E-state index is 12.8. The lowest BCUT2D eigenvalue weighted by molar-refractivity contribution is -0.112. The molecule has 0 aliphatic heterocycles. The largest absolute Gasteiger partial charge is 0.490 e. The molecule has 0 spiro atoms. The second-order valence-corrected chi connectivity index (χ2v) is 8.72. The van der Waals surface area contributed by atoms with E-state index >= 15 is 0 Å². The van der Waals surface area contributed by atoms with Gasteiger partial charge in [-0.05, 0) is 88.6 Å². The molecule has 6 nitrogen and oxygen atoms in total. The van der Waals surface area contributed by atoms with Crippen LogP contribution in [0.15, 0.2) is 83.4 Å². The molecule has 8 heteroatoms. The molecule has 0 aromatic heterocycles. The van der Waals surface area contributed by atoms with E-state index in [2.05, 4.69) is 27.8 Å². The van der Waals surface area contributed by atoms with Gasteiger partial charge >= 0.3 is 0 Å². The first kappa shape index (κ1) is 26.9. The molecule has 3 rings (SSSR count). The highest BCUT2D eigenvalue weighted by molar-refractivity contribution is 9.10. The Morgan fingerprint density at radius 3 is 2.47 bits per heavy atom. The molecule has 184 valence electrons. The number of nitriles is 1. The number of benzene rings is 3. The number of hydrogen-bond donors (Lipinski definition) is 1. The van der Waals surface area contributed by atoms with Crippen LogP contribution in [0, 0.1) is 11.3 Å². The van der Waals surface area contributed by atoms with E-state index in [1.165, 1.54) is 6.08 Å². The summed E-state index contributed by atoms with van der Waals surface area (Å²) >= 11 is 9.37. The fourth-order valence-corrected chi connectivity index (χ4v) is 3.81. The number of ether oxygens (including phenoxy) is 3. The first-order valence-electron chi connectivity index (χ1n) is 11.0. The highest BCUT2D eigenvalue weighted by Crippen LogP contribution is 2.37. The topological polar surface area (TPSA) is 80.6 Å². The molecule has 0 aliphatic carbocycles. The van der Waals surface area contributed by atoms with E-state index in [9.17, 15) is 10.1 Å². The molecule has 0 bridgehead atoms. The fraction of sp³-hybridized carbons (Fsp3) is 0.143. The number of halogens is 2. The predicted molar refractivity (Wildman–Crippen MR) is 145 cm³/mol. The summed E-state index contributed by atoms with van der Waals surface area (Å²) in [4.78, 5) is 12.8. The molecule has 0 saturated heterocycles. The highest BCUT2D eigenvalue weighted by atomic mass is 79.9. The van der Waals surface area contributed by atoms with Gasteiger partial charge < -0.3 is 19.5 Å². The quantitative estimate of drug-likeness (QED) is 0.151. The van der Waals surface area contributed by atoms with Crippen molar-refractivity contribution in [2.45, 2.75) is 13.5 Å². The van der Waals surface area contributed by atoms with E-state index in [0.717, 1.165) is 5.56 Å². The van der Waals surface area contributed by atoms with Crippen LogP contribution in [0.1, 0.15) is 18.1 Å². The zero-order valence-corrected chi connectivity index (χ0v) is 21.9. The number of carbonyl (C=O) groups excluding carboxylic acids is 1. The Balaban J connectivity index is 1.69. The summed E-state index contributed by atoms with van der Waals surface area (Å²) in [5.41, 5.74) is 2.06. The van der Waals surface area contributed by atoms with Gasteiger partial charge in [0, 0.05) is 10.7 Å². The molecule has 0 fully saturated rings. The number of carbonyl (C=O) groups is 1. The summed E-state index contributed by atoms with van der Waals surface area (Å²) in [5.74, 6) is 1.13. The smallest absolute Gasteiger partial charge is 0.266 e. The van der Waals surface area contributed by atoms with Gasteiger partial charge in [0.15, 0.2) is 11.5 Å². The van der Waals surface area contributed by atoms with E-state index in [1.807, 2.05) is 25.1 Å². The molecule has 3 aromatic rings. The molecule has 1 N–H and O–H groups in total. The maximum absolute atomic E-state index is 12.8. The van der Waals surface area contributed by atoms with Crippen LogP contribution >= 0.6 is 27.5 Å². The molecule has 0 heterocycles. The predicted octanol–water partition coefficient (Wildman–Crippen LogP) is 7.19. The Bertz CT molecular complexity index is 1280. The second kappa shape index (κ2) is 13.4. The van der Waals surface area contributed by atoms with Gasteiger partial charge in [0.05, 0.1) is 11.1 Å². The maximum Gasteiger partial charge on any atom is 0.266 e.